The number of methoxy groups -OCH3 is 1. The van der Waals surface area contributed by atoms with Crippen molar-refractivity contribution in [1.82, 2.24) is 19.9 Å². The minimum absolute atomic E-state index is 0.0760. The van der Waals surface area contributed by atoms with E-state index in [4.69, 9.17) is 25.2 Å². The molecule has 1 aromatic carbocycles. The first-order valence-corrected chi connectivity index (χ1v) is 11.4. The van der Waals surface area contributed by atoms with Crippen LogP contribution < -0.4 is 5.56 Å². The standard InChI is InChI=1S/C19H22N4O2.C6H8O7/c1-23(12-14-10-20-18(21-11-14)7-8-25-2)13-15-9-19(24)22-17-6-4-3-5-16(15)17;7-3(8)1-6(13,5(11)12)2-4(9)10/h3-6,9-11H,7-8,12-13H2,1-2H3,(H,22,24);13H,1-2H2,(H,7,8)(H,9,10)(H,11,12). The summed E-state index contributed by atoms with van der Waals surface area (Å²) in [6.07, 6.45) is 2.13. The maximum atomic E-state index is 11.9. The van der Waals surface area contributed by atoms with Crippen LogP contribution in [0, 0.1) is 0 Å². The summed E-state index contributed by atoms with van der Waals surface area (Å²) in [6, 6.07) is 9.53. The van der Waals surface area contributed by atoms with Crippen LogP contribution in [0.25, 0.3) is 10.9 Å². The van der Waals surface area contributed by atoms with Crippen LogP contribution in [0.3, 0.4) is 0 Å². The van der Waals surface area contributed by atoms with E-state index in [0.717, 1.165) is 27.9 Å². The summed E-state index contributed by atoms with van der Waals surface area (Å²) < 4.78 is 5.04. The maximum Gasteiger partial charge on any atom is 0.336 e. The van der Waals surface area contributed by atoms with Crippen molar-refractivity contribution < 1.29 is 39.5 Å². The molecular weight excluding hydrogens is 500 g/mol. The number of aromatic amines is 1. The Balaban J connectivity index is 0.000000332. The second kappa shape index (κ2) is 13.9. The Hall–Kier alpha value is -4.20. The minimum atomic E-state index is -2.74. The molecule has 0 atom stereocenters. The molecule has 2 aromatic heterocycles. The highest BCUT2D eigenvalue weighted by Gasteiger charge is 2.40. The fourth-order valence-electron chi connectivity index (χ4n) is 3.57. The van der Waals surface area contributed by atoms with E-state index >= 15 is 0 Å². The number of carboxylic acid groups (broad SMARTS) is 3. The Morgan fingerprint density at radius 3 is 2.18 bits per heavy atom. The summed E-state index contributed by atoms with van der Waals surface area (Å²) in [5, 5.41) is 34.9. The summed E-state index contributed by atoms with van der Waals surface area (Å²) in [5.41, 5.74) is 0.104. The third-order valence-electron chi connectivity index (χ3n) is 5.30. The van der Waals surface area contributed by atoms with Crippen LogP contribution in [0.2, 0.25) is 0 Å². The van der Waals surface area contributed by atoms with Crippen LogP contribution in [0.5, 0.6) is 0 Å². The molecule has 2 heterocycles. The zero-order valence-electron chi connectivity index (χ0n) is 21.0. The van der Waals surface area contributed by atoms with Crippen molar-refractivity contribution in [2.75, 3.05) is 20.8 Å². The fraction of sp³-hybridized carbons (Fsp3) is 0.360. The van der Waals surface area contributed by atoms with Gasteiger partial charge in [0.2, 0.25) is 5.56 Å². The first-order chi connectivity index (χ1) is 17.9. The Kier molecular flexibility index (Phi) is 11.0. The van der Waals surface area contributed by atoms with Gasteiger partial charge < -0.3 is 30.1 Å². The van der Waals surface area contributed by atoms with Crippen molar-refractivity contribution in [3.8, 4) is 0 Å². The van der Waals surface area contributed by atoms with E-state index in [0.29, 0.717) is 26.1 Å². The van der Waals surface area contributed by atoms with E-state index in [9.17, 15) is 19.2 Å². The van der Waals surface area contributed by atoms with Crippen LogP contribution in [-0.4, -0.2) is 84.6 Å². The van der Waals surface area contributed by atoms with E-state index in [-0.39, 0.29) is 5.56 Å². The summed E-state index contributed by atoms with van der Waals surface area (Å²) >= 11 is 0. The quantitative estimate of drug-likeness (QED) is 0.221. The molecule has 0 fully saturated rings. The predicted octanol–water partition coefficient (Wildman–Crippen LogP) is 0.891. The van der Waals surface area contributed by atoms with Crippen molar-refractivity contribution in [3.63, 3.8) is 0 Å². The number of hydrogen-bond donors (Lipinski definition) is 5. The highest BCUT2D eigenvalue weighted by Crippen LogP contribution is 2.17. The topological polar surface area (TPSA) is 203 Å². The molecule has 13 heteroatoms. The Morgan fingerprint density at radius 2 is 1.63 bits per heavy atom. The molecule has 0 unspecified atom stereocenters. The van der Waals surface area contributed by atoms with Crippen LogP contribution in [0.15, 0.2) is 47.5 Å². The number of rotatable bonds is 12. The van der Waals surface area contributed by atoms with E-state index in [1.165, 1.54) is 0 Å². The van der Waals surface area contributed by atoms with Crippen molar-refractivity contribution in [3.05, 3.63) is 70.0 Å². The average molecular weight is 531 g/mol. The lowest BCUT2D eigenvalue weighted by molar-refractivity contribution is -0.170. The van der Waals surface area contributed by atoms with Gasteiger partial charge in [-0.3, -0.25) is 19.3 Å². The third kappa shape index (κ3) is 9.35. The molecule has 0 saturated carbocycles. The zero-order chi connectivity index (χ0) is 28.3. The van der Waals surface area contributed by atoms with Gasteiger partial charge in [0.1, 0.15) is 5.82 Å². The minimum Gasteiger partial charge on any atom is -0.481 e. The molecule has 0 radical (unpaired) electrons. The van der Waals surface area contributed by atoms with Crippen LogP contribution >= 0.6 is 0 Å². The highest BCUT2D eigenvalue weighted by molar-refractivity contribution is 5.88. The van der Waals surface area contributed by atoms with Gasteiger partial charge in [0.25, 0.3) is 0 Å². The van der Waals surface area contributed by atoms with E-state index in [1.54, 1.807) is 13.2 Å². The second-order valence-electron chi connectivity index (χ2n) is 8.60. The first-order valence-electron chi connectivity index (χ1n) is 11.4. The van der Waals surface area contributed by atoms with Crippen molar-refractivity contribution in [2.45, 2.75) is 38.0 Å². The molecule has 13 nitrogen and oxygen atoms in total. The van der Waals surface area contributed by atoms with Crippen LogP contribution in [0.4, 0.5) is 0 Å². The van der Waals surface area contributed by atoms with Gasteiger partial charge in [0, 0.05) is 61.5 Å². The average Bonchev–Trinajstić information content (AvgIpc) is 2.83. The van der Waals surface area contributed by atoms with E-state index in [2.05, 4.69) is 19.9 Å². The molecule has 0 aliphatic carbocycles. The van der Waals surface area contributed by atoms with Crippen molar-refractivity contribution in [1.29, 1.82) is 0 Å². The third-order valence-corrected chi connectivity index (χ3v) is 5.30. The maximum absolute atomic E-state index is 11.9. The molecule has 5 N–H and O–H groups in total. The molecule has 0 bridgehead atoms. The van der Waals surface area contributed by atoms with Gasteiger partial charge in [-0.2, -0.15) is 0 Å². The number of nitrogens with zero attached hydrogens (tertiary/aromatic N) is 3. The molecule has 0 spiro atoms. The molecule has 204 valence electrons. The number of fused-ring (bicyclic) bond motifs is 1. The van der Waals surface area contributed by atoms with Crippen LogP contribution in [-0.2, 0) is 38.6 Å². The number of aliphatic carboxylic acids is 3. The van der Waals surface area contributed by atoms with Crippen molar-refractivity contribution >= 4 is 28.8 Å². The smallest absolute Gasteiger partial charge is 0.336 e. The number of carboxylic acids is 3. The van der Waals surface area contributed by atoms with Gasteiger partial charge in [0.05, 0.1) is 19.4 Å². The lowest BCUT2D eigenvalue weighted by Crippen LogP contribution is -2.42. The Morgan fingerprint density at radius 1 is 1.03 bits per heavy atom. The number of aromatic nitrogens is 3. The summed E-state index contributed by atoms with van der Waals surface area (Å²) in [5.74, 6) is -4.23. The number of para-hydroxylation sites is 1. The Labute approximate surface area is 217 Å². The second-order valence-corrected chi connectivity index (χ2v) is 8.60. The predicted molar refractivity (Wildman–Crippen MR) is 134 cm³/mol. The van der Waals surface area contributed by atoms with Gasteiger partial charge in [-0.1, -0.05) is 18.2 Å². The monoisotopic (exact) mass is 530 g/mol. The summed E-state index contributed by atoms with van der Waals surface area (Å²) in [7, 11) is 3.69. The number of benzene rings is 1. The molecule has 38 heavy (non-hydrogen) atoms. The van der Waals surface area contributed by atoms with Gasteiger partial charge >= 0.3 is 17.9 Å². The van der Waals surface area contributed by atoms with Crippen molar-refractivity contribution in [2.24, 2.45) is 0 Å². The van der Waals surface area contributed by atoms with Gasteiger partial charge in [-0.25, -0.2) is 14.8 Å². The molecule has 3 rings (SSSR count). The molecule has 0 amide bonds. The normalized spacial score (nSPS) is 11.2. The summed E-state index contributed by atoms with van der Waals surface area (Å²) in [4.78, 5) is 56.1. The number of nitrogens with one attached hydrogen (secondary N) is 1. The fourth-order valence-corrected chi connectivity index (χ4v) is 3.57. The van der Waals surface area contributed by atoms with Gasteiger partial charge in [-0.05, 0) is 18.7 Å². The lowest BCUT2D eigenvalue weighted by Gasteiger charge is -2.18. The number of hydrogen-bond acceptors (Lipinski definition) is 9. The van der Waals surface area contributed by atoms with E-state index in [1.807, 2.05) is 43.7 Å². The van der Waals surface area contributed by atoms with Crippen LogP contribution in [0.1, 0.15) is 29.8 Å². The lowest BCUT2D eigenvalue weighted by atomic mass is 9.96. The van der Waals surface area contributed by atoms with E-state index < -0.39 is 36.4 Å². The molecule has 3 aromatic rings. The molecular formula is C25H30N4O9. The SMILES string of the molecule is COCCc1ncc(CN(C)Cc2cc(=O)[nH]c3ccccc23)cn1.O=C(O)CC(O)(CC(=O)O)C(=O)O. The molecule has 0 saturated heterocycles. The van der Waals surface area contributed by atoms with Gasteiger partial charge in [0.15, 0.2) is 5.60 Å². The number of H-pyrrole nitrogens is 1. The first kappa shape index (κ1) is 30.0. The number of pyridine rings is 1. The Bertz CT molecular complexity index is 1290. The highest BCUT2D eigenvalue weighted by atomic mass is 16.5. The zero-order valence-corrected chi connectivity index (χ0v) is 21.0. The largest absolute Gasteiger partial charge is 0.481 e. The molecule has 0 aliphatic heterocycles. The number of carbonyl (C=O) groups is 3. The molecule has 0 aliphatic rings. The number of aliphatic hydroxyl groups is 1. The summed E-state index contributed by atoms with van der Waals surface area (Å²) in [6.45, 7) is 2.01. The van der Waals surface area contributed by atoms with Gasteiger partial charge in [-0.15, -0.1) is 0 Å². The number of ether oxygens (including phenoxy) is 1.